The lowest BCUT2D eigenvalue weighted by Gasteiger charge is -2.24. The van der Waals surface area contributed by atoms with Crippen molar-refractivity contribution in [2.75, 3.05) is 13.2 Å². The number of rotatable bonds is 10. The molecule has 0 aromatic rings. The molecule has 0 rings (SSSR count). The lowest BCUT2D eigenvalue weighted by Crippen LogP contribution is -2.59. The molecular formula is C14H26N4O7. The lowest BCUT2D eigenvalue weighted by atomic mass is 10.0. The predicted octanol–water partition coefficient (Wildman–Crippen LogP) is -3.49. The van der Waals surface area contributed by atoms with Gasteiger partial charge in [-0.05, 0) is 12.8 Å². The number of hydrogen-bond donors (Lipinski definition) is 7. The molecule has 0 saturated carbocycles. The quantitative estimate of drug-likeness (QED) is 0.208. The van der Waals surface area contributed by atoms with Crippen LogP contribution in [0.4, 0.5) is 0 Å². The molecule has 0 bridgehead atoms. The number of amides is 3. The number of nitrogens with one attached hydrogen (secondary N) is 3. The minimum atomic E-state index is -1.45. The van der Waals surface area contributed by atoms with Gasteiger partial charge in [-0.15, -0.1) is 0 Å². The van der Waals surface area contributed by atoms with Gasteiger partial charge in [-0.25, -0.2) is 4.79 Å². The number of aliphatic carboxylic acids is 1. The Hall–Kier alpha value is -2.24. The molecule has 0 aliphatic carbocycles. The van der Waals surface area contributed by atoms with E-state index in [-0.39, 0.29) is 0 Å². The Balaban J connectivity index is 4.93. The van der Waals surface area contributed by atoms with Crippen molar-refractivity contribution in [1.82, 2.24) is 16.0 Å². The second-order valence-corrected chi connectivity index (χ2v) is 5.84. The average Bonchev–Trinajstić information content (AvgIpc) is 2.53. The molecule has 8 N–H and O–H groups in total. The number of aliphatic hydroxyl groups is 2. The van der Waals surface area contributed by atoms with Crippen LogP contribution in [0.2, 0.25) is 0 Å². The zero-order valence-corrected chi connectivity index (χ0v) is 14.4. The first-order chi connectivity index (χ1) is 11.5. The van der Waals surface area contributed by atoms with E-state index in [4.69, 9.17) is 10.8 Å². The van der Waals surface area contributed by atoms with E-state index in [1.807, 2.05) is 0 Å². The molecule has 0 aromatic carbocycles. The summed E-state index contributed by atoms with van der Waals surface area (Å²) in [6.45, 7) is 2.98. The summed E-state index contributed by atoms with van der Waals surface area (Å²) in [4.78, 5) is 46.6. The van der Waals surface area contributed by atoms with Crippen molar-refractivity contribution in [3.63, 3.8) is 0 Å². The van der Waals surface area contributed by atoms with E-state index >= 15 is 0 Å². The van der Waals surface area contributed by atoms with Crippen LogP contribution in [0.25, 0.3) is 0 Å². The van der Waals surface area contributed by atoms with Crippen molar-refractivity contribution in [3.8, 4) is 0 Å². The summed E-state index contributed by atoms with van der Waals surface area (Å²) in [6.07, 6.45) is 0. The monoisotopic (exact) mass is 362 g/mol. The Kier molecular flexibility index (Phi) is 9.64. The van der Waals surface area contributed by atoms with E-state index in [0.717, 1.165) is 0 Å². The molecule has 0 aromatic heterocycles. The highest BCUT2D eigenvalue weighted by atomic mass is 16.4. The minimum absolute atomic E-state index is 0.424. The van der Waals surface area contributed by atoms with Crippen LogP contribution in [-0.4, -0.2) is 76.4 Å². The Morgan fingerprint density at radius 2 is 1.24 bits per heavy atom. The molecule has 0 aliphatic heterocycles. The topological polar surface area (TPSA) is 191 Å². The summed E-state index contributed by atoms with van der Waals surface area (Å²) in [5, 5.41) is 34.0. The highest BCUT2D eigenvalue weighted by molar-refractivity contribution is 5.94. The smallest absolute Gasteiger partial charge is 0.326 e. The van der Waals surface area contributed by atoms with E-state index in [0.29, 0.717) is 0 Å². The standard InChI is InChI=1S/C14H26N4O7/c1-6(2)10(14(24)25)18-13(23)9(5-20)17-12(22)8(4-19)16-11(21)7(3)15/h6-10,19-20H,4-5,15H2,1-3H3,(H,16,21)(H,17,22)(H,18,23)(H,24,25). The third kappa shape index (κ3) is 7.45. The summed E-state index contributed by atoms with van der Waals surface area (Å²) in [5.41, 5.74) is 5.34. The maximum Gasteiger partial charge on any atom is 0.326 e. The molecule has 11 nitrogen and oxygen atoms in total. The summed E-state index contributed by atoms with van der Waals surface area (Å²) in [6, 6.07) is -4.94. The second-order valence-electron chi connectivity index (χ2n) is 5.84. The van der Waals surface area contributed by atoms with Crippen molar-refractivity contribution < 1.29 is 34.5 Å². The van der Waals surface area contributed by atoms with E-state index in [1.54, 1.807) is 13.8 Å². The molecule has 0 aliphatic rings. The third-order valence-corrected chi connectivity index (χ3v) is 3.28. The predicted molar refractivity (Wildman–Crippen MR) is 86.1 cm³/mol. The number of nitrogens with two attached hydrogens (primary N) is 1. The normalized spacial score (nSPS) is 15.6. The molecule has 11 heteroatoms. The van der Waals surface area contributed by atoms with E-state index < -0.39 is 67.0 Å². The fraction of sp³-hybridized carbons (Fsp3) is 0.714. The molecule has 0 radical (unpaired) electrons. The van der Waals surface area contributed by atoms with E-state index in [2.05, 4.69) is 16.0 Å². The Morgan fingerprint density at radius 1 is 0.840 bits per heavy atom. The van der Waals surface area contributed by atoms with Gasteiger partial charge in [0.1, 0.15) is 18.1 Å². The molecular weight excluding hydrogens is 336 g/mol. The molecule has 0 heterocycles. The number of carboxylic acid groups (broad SMARTS) is 1. The number of aliphatic hydroxyl groups excluding tert-OH is 2. The van der Waals surface area contributed by atoms with E-state index in [1.165, 1.54) is 6.92 Å². The molecule has 3 amide bonds. The third-order valence-electron chi connectivity index (χ3n) is 3.28. The van der Waals surface area contributed by atoms with Gasteiger partial charge in [0.05, 0.1) is 19.3 Å². The molecule has 4 atom stereocenters. The van der Waals surface area contributed by atoms with Crippen molar-refractivity contribution in [1.29, 1.82) is 0 Å². The van der Waals surface area contributed by atoms with Crippen LogP contribution in [0.1, 0.15) is 20.8 Å². The SMILES string of the molecule is CC(N)C(=O)NC(CO)C(=O)NC(CO)C(=O)NC(C(=O)O)C(C)C. The summed E-state index contributed by atoms with van der Waals surface area (Å²) in [7, 11) is 0. The molecule has 4 unspecified atom stereocenters. The van der Waals surface area contributed by atoms with Crippen molar-refractivity contribution >= 4 is 23.7 Å². The maximum atomic E-state index is 12.1. The summed E-state index contributed by atoms with van der Waals surface area (Å²) >= 11 is 0. The van der Waals surface area contributed by atoms with Gasteiger partial charge in [0.25, 0.3) is 0 Å². The van der Waals surface area contributed by atoms with Crippen LogP contribution >= 0.6 is 0 Å². The van der Waals surface area contributed by atoms with Crippen molar-refractivity contribution in [2.24, 2.45) is 11.7 Å². The first kappa shape index (κ1) is 22.8. The largest absolute Gasteiger partial charge is 0.480 e. The molecule has 25 heavy (non-hydrogen) atoms. The minimum Gasteiger partial charge on any atom is -0.480 e. The van der Waals surface area contributed by atoms with Gasteiger partial charge in [-0.3, -0.25) is 14.4 Å². The van der Waals surface area contributed by atoms with Gasteiger partial charge in [0.15, 0.2) is 0 Å². The van der Waals surface area contributed by atoms with Crippen molar-refractivity contribution in [3.05, 3.63) is 0 Å². The number of carbonyl (C=O) groups is 4. The molecule has 0 spiro atoms. The fourth-order valence-electron chi connectivity index (χ4n) is 1.73. The van der Waals surface area contributed by atoms with Gasteiger partial charge < -0.3 is 37.0 Å². The van der Waals surface area contributed by atoms with Crippen LogP contribution < -0.4 is 21.7 Å². The Labute approximate surface area is 145 Å². The Morgan fingerprint density at radius 3 is 1.56 bits per heavy atom. The molecule has 0 saturated heterocycles. The van der Waals surface area contributed by atoms with Gasteiger partial charge in [-0.1, -0.05) is 13.8 Å². The highest BCUT2D eigenvalue weighted by Gasteiger charge is 2.30. The second kappa shape index (κ2) is 10.6. The number of hydrogen-bond acceptors (Lipinski definition) is 7. The number of carboxylic acids is 1. The van der Waals surface area contributed by atoms with Gasteiger partial charge in [0, 0.05) is 0 Å². The van der Waals surface area contributed by atoms with Crippen molar-refractivity contribution in [2.45, 2.75) is 44.9 Å². The lowest BCUT2D eigenvalue weighted by molar-refractivity contribution is -0.143. The fourth-order valence-corrected chi connectivity index (χ4v) is 1.73. The van der Waals surface area contributed by atoms with Gasteiger partial charge in [-0.2, -0.15) is 0 Å². The van der Waals surface area contributed by atoms with Crippen LogP contribution in [0.15, 0.2) is 0 Å². The van der Waals surface area contributed by atoms with Gasteiger partial charge in [0.2, 0.25) is 17.7 Å². The molecule has 0 fully saturated rings. The summed E-state index contributed by atoms with van der Waals surface area (Å²) < 4.78 is 0. The first-order valence-corrected chi connectivity index (χ1v) is 7.66. The van der Waals surface area contributed by atoms with Crippen LogP contribution in [0, 0.1) is 5.92 Å². The first-order valence-electron chi connectivity index (χ1n) is 7.66. The molecule has 144 valence electrons. The van der Waals surface area contributed by atoms with Gasteiger partial charge >= 0.3 is 5.97 Å². The number of carbonyl (C=O) groups excluding carboxylic acids is 3. The highest BCUT2D eigenvalue weighted by Crippen LogP contribution is 2.02. The Bertz CT molecular complexity index is 496. The maximum absolute atomic E-state index is 12.1. The zero-order chi connectivity index (χ0) is 19.7. The van der Waals surface area contributed by atoms with Crippen LogP contribution in [-0.2, 0) is 19.2 Å². The summed E-state index contributed by atoms with van der Waals surface area (Å²) in [5.74, 6) is -4.21. The van der Waals surface area contributed by atoms with E-state index in [9.17, 15) is 29.4 Å². The average molecular weight is 362 g/mol. The zero-order valence-electron chi connectivity index (χ0n) is 14.4. The van der Waals surface area contributed by atoms with Crippen LogP contribution in [0.3, 0.4) is 0 Å². The van der Waals surface area contributed by atoms with Crippen LogP contribution in [0.5, 0.6) is 0 Å².